The van der Waals surface area contributed by atoms with Crippen LogP contribution in [0.1, 0.15) is 44.9 Å². The standard InChI is InChI=1S/C13H22N2O/c16-13(8-10-3-4-10)15(12-5-6-12)9-11-2-1-7-14-11/h10-12,14H,1-9H2. The van der Waals surface area contributed by atoms with Crippen molar-refractivity contribution in [1.82, 2.24) is 10.2 Å². The van der Waals surface area contributed by atoms with Crippen LogP contribution in [0.25, 0.3) is 0 Å². The monoisotopic (exact) mass is 222 g/mol. The summed E-state index contributed by atoms with van der Waals surface area (Å²) in [4.78, 5) is 14.3. The SMILES string of the molecule is O=C(CC1CC1)N(CC1CCCN1)C1CC1. The number of nitrogens with one attached hydrogen (secondary N) is 1. The molecule has 0 aromatic heterocycles. The van der Waals surface area contributed by atoms with Crippen molar-refractivity contribution in [2.45, 2.75) is 57.0 Å². The molecule has 1 unspecified atom stereocenters. The van der Waals surface area contributed by atoms with E-state index >= 15 is 0 Å². The molecule has 3 aliphatic rings. The zero-order chi connectivity index (χ0) is 11.0. The van der Waals surface area contributed by atoms with E-state index in [2.05, 4.69) is 10.2 Å². The zero-order valence-corrected chi connectivity index (χ0v) is 9.95. The smallest absolute Gasteiger partial charge is 0.223 e. The first-order valence-electron chi connectivity index (χ1n) is 6.86. The van der Waals surface area contributed by atoms with Crippen LogP contribution in [0.15, 0.2) is 0 Å². The van der Waals surface area contributed by atoms with Gasteiger partial charge in [0.15, 0.2) is 0 Å². The Hall–Kier alpha value is -0.570. The highest BCUT2D eigenvalue weighted by Crippen LogP contribution is 2.35. The molecular weight excluding hydrogens is 200 g/mol. The summed E-state index contributed by atoms with van der Waals surface area (Å²) in [5, 5.41) is 3.50. The van der Waals surface area contributed by atoms with E-state index in [1.54, 1.807) is 0 Å². The average Bonchev–Trinajstić information content (AvgIpc) is 3.18. The molecule has 16 heavy (non-hydrogen) atoms. The molecule has 3 rings (SSSR count). The average molecular weight is 222 g/mol. The minimum atomic E-state index is 0.429. The fourth-order valence-electron chi connectivity index (χ4n) is 2.68. The van der Waals surface area contributed by atoms with Crippen LogP contribution in [0.3, 0.4) is 0 Å². The Balaban J connectivity index is 1.54. The first-order valence-corrected chi connectivity index (χ1v) is 6.86. The van der Waals surface area contributed by atoms with Crippen LogP contribution < -0.4 is 5.32 Å². The van der Waals surface area contributed by atoms with E-state index in [4.69, 9.17) is 0 Å². The molecule has 1 heterocycles. The molecule has 1 aliphatic heterocycles. The summed E-state index contributed by atoms with van der Waals surface area (Å²) < 4.78 is 0. The van der Waals surface area contributed by atoms with Crippen molar-refractivity contribution in [3.05, 3.63) is 0 Å². The maximum absolute atomic E-state index is 12.2. The molecule has 3 heteroatoms. The van der Waals surface area contributed by atoms with Gasteiger partial charge in [0, 0.05) is 25.0 Å². The van der Waals surface area contributed by atoms with Gasteiger partial charge in [-0.05, 0) is 51.0 Å². The summed E-state index contributed by atoms with van der Waals surface area (Å²) in [5.74, 6) is 1.16. The summed E-state index contributed by atoms with van der Waals surface area (Å²) in [6, 6.07) is 1.16. The van der Waals surface area contributed by atoms with Gasteiger partial charge in [-0.15, -0.1) is 0 Å². The fourth-order valence-corrected chi connectivity index (χ4v) is 2.68. The van der Waals surface area contributed by atoms with Crippen molar-refractivity contribution < 1.29 is 4.79 Å². The fraction of sp³-hybridized carbons (Fsp3) is 0.923. The van der Waals surface area contributed by atoms with Gasteiger partial charge in [-0.1, -0.05) is 0 Å². The van der Waals surface area contributed by atoms with E-state index in [-0.39, 0.29) is 0 Å². The van der Waals surface area contributed by atoms with Gasteiger partial charge in [0.1, 0.15) is 0 Å². The van der Waals surface area contributed by atoms with Crippen LogP contribution >= 0.6 is 0 Å². The Morgan fingerprint density at radius 2 is 2.00 bits per heavy atom. The van der Waals surface area contributed by atoms with Crippen molar-refractivity contribution in [3.8, 4) is 0 Å². The number of hydrogen-bond donors (Lipinski definition) is 1. The Morgan fingerprint density at radius 3 is 2.56 bits per heavy atom. The minimum Gasteiger partial charge on any atom is -0.338 e. The van der Waals surface area contributed by atoms with Crippen LogP contribution in [0.5, 0.6) is 0 Å². The second kappa shape index (κ2) is 4.36. The highest BCUT2D eigenvalue weighted by molar-refractivity contribution is 5.77. The maximum atomic E-state index is 12.2. The van der Waals surface area contributed by atoms with Crippen LogP contribution in [0.2, 0.25) is 0 Å². The van der Waals surface area contributed by atoms with Crippen LogP contribution in [-0.2, 0) is 4.79 Å². The third-order valence-corrected chi connectivity index (χ3v) is 4.05. The number of hydrogen-bond acceptors (Lipinski definition) is 2. The Labute approximate surface area is 97.6 Å². The molecule has 0 spiro atoms. The number of carbonyl (C=O) groups excluding carboxylic acids is 1. The molecule has 90 valence electrons. The third kappa shape index (κ3) is 2.57. The van der Waals surface area contributed by atoms with Crippen molar-refractivity contribution in [2.75, 3.05) is 13.1 Å². The predicted molar refractivity (Wildman–Crippen MR) is 63.1 cm³/mol. The third-order valence-electron chi connectivity index (χ3n) is 4.05. The molecule has 1 saturated heterocycles. The molecule has 3 fully saturated rings. The van der Waals surface area contributed by atoms with Crippen LogP contribution in [0.4, 0.5) is 0 Å². The zero-order valence-electron chi connectivity index (χ0n) is 9.95. The second-order valence-corrected chi connectivity index (χ2v) is 5.72. The largest absolute Gasteiger partial charge is 0.338 e. The summed E-state index contributed by atoms with van der Waals surface area (Å²) in [7, 11) is 0. The normalized spacial score (nSPS) is 29.4. The molecule has 0 aromatic rings. The highest BCUT2D eigenvalue weighted by Gasteiger charge is 2.36. The topological polar surface area (TPSA) is 32.3 Å². The number of carbonyl (C=O) groups is 1. The van der Waals surface area contributed by atoms with E-state index < -0.39 is 0 Å². The van der Waals surface area contributed by atoms with Gasteiger partial charge in [-0.25, -0.2) is 0 Å². The van der Waals surface area contributed by atoms with E-state index in [1.807, 2.05) is 0 Å². The lowest BCUT2D eigenvalue weighted by atomic mass is 10.2. The minimum absolute atomic E-state index is 0.429. The number of rotatable bonds is 5. The van der Waals surface area contributed by atoms with Crippen LogP contribution in [-0.4, -0.2) is 36.0 Å². The molecule has 0 radical (unpaired) electrons. The van der Waals surface area contributed by atoms with Crippen molar-refractivity contribution >= 4 is 5.91 Å². The molecule has 0 aromatic carbocycles. The molecule has 1 amide bonds. The molecule has 1 N–H and O–H groups in total. The van der Waals surface area contributed by atoms with Gasteiger partial charge in [-0.3, -0.25) is 4.79 Å². The quantitative estimate of drug-likeness (QED) is 0.765. The molecule has 0 bridgehead atoms. The lowest BCUT2D eigenvalue weighted by Crippen LogP contribution is -2.42. The maximum Gasteiger partial charge on any atom is 0.223 e. The molecule has 3 nitrogen and oxygen atoms in total. The van der Waals surface area contributed by atoms with Gasteiger partial charge >= 0.3 is 0 Å². The van der Waals surface area contributed by atoms with Crippen molar-refractivity contribution in [3.63, 3.8) is 0 Å². The summed E-state index contributed by atoms with van der Waals surface area (Å²) in [6.07, 6.45) is 8.40. The molecule has 1 atom stereocenters. The van der Waals surface area contributed by atoms with Crippen LogP contribution in [0, 0.1) is 5.92 Å². The van der Waals surface area contributed by atoms with Crippen molar-refractivity contribution in [2.24, 2.45) is 5.92 Å². The Kier molecular flexibility index (Phi) is 2.88. The predicted octanol–water partition coefficient (Wildman–Crippen LogP) is 1.53. The van der Waals surface area contributed by atoms with Gasteiger partial charge < -0.3 is 10.2 Å². The first-order chi connectivity index (χ1) is 7.83. The first kappa shape index (κ1) is 10.6. The van der Waals surface area contributed by atoms with E-state index in [0.29, 0.717) is 18.0 Å². The Bertz CT molecular complexity index is 265. The second-order valence-electron chi connectivity index (χ2n) is 5.72. The number of amides is 1. The van der Waals surface area contributed by atoms with Gasteiger partial charge in [0.25, 0.3) is 0 Å². The molecule has 2 saturated carbocycles. The van der Waals surface area contributed by atoms with Crippen molar-refractivity contribution in [1.29, 1.82) is 0 Å². The summed E-state index contributed by atoms with van der Waals surface area (Å²) in [5.41, 5.74) is 0. The van der Waals surface area contributed by atoms with E-state index in [9.17, 15) is 4.79 Å². The van der Waals surface area contributed by atoms with Gasteiger partial charge in [0.05, 0.1) is 0 Å². The summed E-state index contributed by atoms with van der Waals surface area (Å²) >= 11 is 0. The summed E-state index contributed by atoms with van der Waals surface area (Å²) in [6.45, 7) is 2.11. The van der Waals surface area contributed by atoms with E-state index in [0.717, 1.165) is 25.4 Å². The highest BCUT2D eigenvalue weighted by atomic mass is 16.2. The van der Waals surface area contributed by atoms with Gasteiger partial charge in [0.2, 0.25) is 5.91 Å². The number of nitrogens with zero attached hydrogens (tertiary/aromatic N) is 1. The lowest BCUT2D eigenvalue weighted by Gasteiger charge is -2.26. The Morgan fingerprint density at radius 1 is 1.19 bits per heavy atom. The molecular formula is C13H22N2O. The molecule has 2 aliphatic carbocycles. The van der Waals surface area contributed by atoms with Gasteiger partial charge in [-0.2, -0.15) is 0 Å². The van der Waals surface area contributed by atoms with E-state index in [1.165, 1.54) is 38.5 Å². The lowest BCUT2D eigenvalue weighted by molar-refractivity contribution is -0.132.